The summed E-state index contributed by atoms with van der Waals surface area (Å²) in [5, 5.41) is 3.36. The van der Waals surface area contributed by atoms with Crippen molar-refractivity contribution >= 4 is 56.3 Å². The van der Waals surface area contributed by atoms with E-state index < -0.39 is 0 Å². The molecule has 2 aromatic rings. The summed E-state index contributed by atoms with van der Waals surface area (Å²) in [5.74, 6) is 0.622. The van der Waals surface area contributed by atoms with Crippen LogP contribution >= 0.6 is 39.7 Å². The number of methoxy groups -OCH3 is 1. The molecule has 3 rings (SSSR count). The molecule has 31 heavy (non-hydrogen) atoms. The van der Waals surface area contributed by atoms with Gasteiger partial charge in [0.05, 0.1) is 23.8 Å². The Morgan fingerprint density at radius 3 is 2.52 bits per heavy atom. The molecule has 0 aliphatic carbocycles. The van der Waals surface area contributed by atoms with E-state index in [2.05, 4.69) is 26.1 Å². The Bertz CT molecular complexity index is 947. The summed E-state index contributed by atoms with van der Waals surface area (Å²) in [7, 11) is 1.55. The van der Waals surface area contributed by atoms with Crippen molar-refractivity contribution in [3.05, 3.63) is 51.5 Å². The van der Waals surface area contributed by atoms with Crippen molar-refractivity contribution in [3.63, 3.8) is 0 Å². The predicted octanol–water partition coefficient (Wildman–Crippen LogP) is 4.91. The van der Waals surface area contributed by atoms with E-state index in [1.807, 2.05) is 26.0 Å². The van der Waals surface area contributed by atoms with Crippen molar-refractivity contribution in [1.29, 1.82) is 0 Å². The second-order valence-electron chi connectivity index (χ2n) is 7.30. The SMILES string of the molecule is COc1cc(C(=S)N2C[C@H](C)O[C@@H](C)C2)cc(Br)c1OCC(=O)Nc1ccc(Cl)cc1. The number of ether oxygens (including phenoxy) is 3. The maximum Gasteiger partial charge on any atom is 0.262 e. The summed E-state index contributed by atoms with van der Waals surface area (Å²) in [5.41, 5.74) is 1.47. The van der Waals surface area contributed by atoms with E-state index in [-0.39, 0.29) is 24.7 Å². The summed E-state index contributed by atoms with van der Waals surface area (Å²) >= 11 is 15.1. The number of benzene rings is 2. The van der Waals surface area contributed by atoms with E-state index in [1.54, 1.807) is 31.4 Å². The molecule has 2 aromatic carbocycles. The number of hydrogen-bond donors (Lipinski definition) is 1. The highest BCUT2D eigenvalue weighted by atomic mass is 79.9. The van der Waals surface area contributed by atoms with Crippen LogP contribution in [0.15, 0.2) is 40.9 Å². The van der Waals surface area contributed by atoms with E-state index in [1.165, 1.54) is 0 Å². The van der Waals surface area contributed by atoms with Crippen LogP contribution in [-0.2, 0) is 9.53 Å². The minimum atomic E-state index is -0.299. The first-order chi connectivity index (χ1) is 14.8. The first-order valence-electron chi connectivity index (χ1n) is 9.77. The van der Waals surface area contributed by atoms with Crippen LogP contribution in [0.5, 0.6) is 11.5 Å². The smallest absolute Gasteiger partial charge is 0.262 e. The summed E-state index contributed by atoms with van der Waals surface area (Å²) < 4.78 is 17.7. The molecule has 1 saturated heterocycles. The lowest BCUT2D eigenvalue weighted by atomic mass is 10.1. The molecule has 9 heteroatoms. The van der Waals surface area contributed by atoms with Crippen molar-refractivity contribution in [2.45, 2.75) is 26.1 Å². The number of hydrogen-bond acceptors (Lipinski definition) is 5. The first-order valence-corrected chi connectivity index (χ1v) is 11.3. The zero-order valence-electron chi connectivity index (χ0n) is 17.5. The zero-order chi connectivity index (χ0) is 22.5. The number of morpholine rings is 1. The first kappa shape index (κ1) is 23.8. The quantitative estimate of drug-likeness (QED) is 0.539. The molecule has 1 aliphatic heterocycles. The highest BCUT2D eigenvalue weighted by Gasteiger charge is 2.25. The molecule has 0 aromatic heterocycles. The number of nitrogens with one attached hydrogen (secondary N) is 1. The number of carbonyl (C=O) groups excluding carboxylic acids is 1. The van der Waals surface area contributed by atoms with Gasteiger partial charge in [-0.1, -0.05) is 23.8 Å². The third kappa shape index (κ3) is 6.32. The Morgan fingerprint density at radius 2 is 1.90 bits per heavy atom. The largest absolute Gasteiger partial charge is 0.493 e. The average Bonchev–Trinajstić information content (AvgIpc) is 2.72. The minimum absolute atomic E-state index is 0.105. The molecule has 2 atom stereocenters. The Labute approximate surface area is 200 Å². The van der Waals surface area contributed by atoms with Crippen LogP contribution in [0.1, 0.15) is 19.4 Å². The number of amides is 1. The second-order valence-corrected chi connectivity index (χ2v) is 8.98. The summed E-state index contributed by atoms with van der Waals surface area (Å²) in [6.45, 7) is 5.35. The van der Waals surface area contributed by atoms with Gasteiger partial charge in [-0.25, -0.2) is 0 Å². The molecule has 1 amide bonds. The van der Waals surface area contributed by atoms with E-state index in [4.69, 9.17) is 38.0 Å². The maximum atomic E-state index is 12.3. The van der Waals surface area contributed by atoms with Crippen LogP contribution in [0.2, 0.25) is 5.02 Å². The summed E-state index contributed by atoms with van der Waals surface area (Å²) in [4.78, 5) is 15.1. The van der Waals surface area contributed by atoms with Crippen LogP contribution in [-0.4, -0.2) is 54.8 Å². The van der Waals surface area contributed by atoms with E-state index in [9.17, 15) is 4.79 Å². The molecular weight excluding hydrogens is 504 g/mol. The van der Waals surface area contributed by atoms with Crippen molar-refractivity contribution in [3.8, 4) is 11.5 Å². The van der Waals surface area contributed by atoms with E-state index >= 15 is 0 Å². The van der Waals surface area contributed by atoms with Gasteiger partial charge in [0, 0.05) is 29.4 Å². The van der Waals surface area contributed by atoms with E-state index in [0.29, 0.717) is 31.7 Å². The molecule has 1 fully saturated rings. The maximum absolute atomic E-state index is 12.3. The Kier molecular flexibility index (Phi) is 8.16. The van der Waals surface area contributed by atoms with Crippen LogP contribution in [0.25, 0.3) is 0 Å². The number of rotatable bonds is 6. The van der Waals surface area contributed by atoms with Crippen LogP contribution in [0, 0.1) is 0 Å². The normalized spacial score (nSPS) is 18.4. The Morgan fingerprint density at radius 1 is 1.26 bits per heavy atom. The number of anilines is 1. The molecule has 1 aliphatic rings. The Balaban J connectivity index is 1.69. The van der Waals surface area contributed by atoms with E-state index in [0.717, 1.165) is 18.7 Å². The van der Waals surface area contributed by atoms with Gasteiger partial charge in [-0.3, -0.25) is 4.79 Å². The number of carbonyl (C=O) groups is 1. The molecule has 0 bridgehead atoms. The lowest BCUT2D eigenvalue weighted by Crippen LogP contribution is -2.47. The van der Waals surface area contributed by atoms with Crippen molar-refractivity contribution in [1.82, 2.24) is 4.90 Å². The van der Waals surface area contributed by atoms with Gasteiger partial charge in [0.2, 0.25) is 0 Å². The van der Waals surface area contributed by atoms with Crippen molar-refractivity contribution < 1.29 is 19.0 Å². The fourth-order valence-electron chi connectivity index (χ4n) is 3.38. The lowest BCUT2D eigenvalue weighted by Gasteiger charge is -2.37. The van der Waals surface area contributed by atoms with Gasteiger partial charge in [0.1, 0.15) is 4.99 Å². The number of halogens is 2. The molecule has 0 spiro atoms. The summed E-state index contributed by atoms with van der Waals surface area (Å²) in [6, 6.07) is 10.6. The monoisotopic (exact) mass is 526 g/mol. The highest BCUT2D eigenvalue weighted by molar-refractivity contribution is 9.10. The minimum Gasteiger partial charge on any atom is -0.493 e. The van der Waals surface area contributed by atoms with Gasteiger partial charge in [-0.15, -0.1) is 0 Å². The molecule has 1 N–H and O–H groups in total. The topological polar surface area (TPSA) is 60.0 Å². The van der Waals surface area contributed by atoms with Gasteiger partial charge in [0.15, 0.2) is 18.1 Å². The van der Waals surface area contributed by atoms with Gasteiger partial charge >= 0.3 is 0 Å². The third-order valence-electron chi connectivity index (χ3n) is 4.66. The van der Waals surface area contributed by atoms with Gasteiger partial charge in [-0.05, 0) is 66.2 Å². The molecule has 1 heterocycles. The Hall–Kier alpha value is -1.87. The highest BCUT2D eigenvalue weighted by Crippen LogP contribution is 2.37. The van der Waals surface area contributed by atoms with Crippen molar-refractivity contribution in [2.75, 3.05) is 32.1 Å². The van der Waals surface area contributed by atoms with Gasteiger partial charge in [-0.2, -0.15) is 0 Å². The van der Waals surface area contributed by atoms with Gasteiger partial charge in [0.25, 0.3) is 5.91 Å². The predicted molar refractivity (Wildman–Crippen MR) is 130 cm³/mol. The standard InChI is InChI=1S/C22H24BrClN2O4S/c1-13-10-26(11-14(2)30-13)22(31)15-8-18(23)21(19(9-15)28-3)29-12-20(27)25-17-6-4-16(24)5-7-17/h4-9,13-14H,10-12H2,1-3H3,(H,25,27)/t13-,14-/m0/s1. The number of thiocarbonyl (C=S) groups is 1. The molecular formula is C22H24BrClN2O4S. The van der Waals surface area contributed by atoms with Crippen LogP contribution in [0.4, 0.5) is 5.69 Å². The average molecular weight is 528 g/mol. The molecule has 0 unspecified atom stereocenters. The van der Waals surface area contributed by atoms with Crippen molar-refractivity contribution in [2.24, 2.45) is 0 Å². The fraction of sp³-hybridized carbons (Fsp3) is 0.364. The number of nitrogens with zero attached hydrogens (tertiary/aromatic N) is 1. The molecule has 166 valence electrons. The fourth-order valence-corrected chi connectivity index (χ4v) is 4.33. The van der Waals surface area contributed by atoms with Crippen LogP contribution < -0.4 is 14.8 Å². The van der Waals surface area contributed by atoms with Gasteiger partial charge < -0.3 is 24.4 Å². The lowest BCUT2D eigenvalue weighted by molar-refractivity contribution is -0.118. The molecule has 0 saturated carbocycles. The van der Waals surface area contributed by atoms with Crippen LogP contribution in [0.3, 0.4) is 0 Å². The molecule has 0 radical (unpaired) electrons. The summed E-state index contributed by atoms with van der Waals surface area (Å²) in [6.07, 6.45) is 0.211. The third-order valence-corrected chi connectivity index (χ3v) is 5.99. The second kappa shape index (κ2) is 10.6. The zero-order valence-corrected chi connectivity index (χ0v) is 20.6. The molecule has 6 nitrogen and oxygen atoms in total.